The quantitative estimate of drug-likeness (QED) is 0.476. The van der Waals surface area contributed by atoms with Crippen molar-refractivity contribution < 1.29 is 23.6 Å². The summed E-state index contributed by atoms with van der Waals surface area (Å²) in [6.45, 7) is 4.18. The Morgan fingerprint density at radius 3 is 2.49 bits per heavy atom. The summed E-state index contributed by atoms with van der Waals surface area (Å²) in [6, 6.07) is 10.9. The summed E-state index contributed by atoms with van der Waals surface area (Å²) < 4.78 is 16.0. The van der Waals surface area contributed by atoms with Crippen LogP contribution in [0.1, 0.15) is 31.2 Å². The Kier molecular flexibility index (Phi) is 5.67. The molecule has 0 radical (unpaired) electrons. The van der Waals surface area contributed by atoms with Gasteiger partial charge in [-0.05, 0) is 35.7 Å². The van der Waals surface area contributed by atoms with Gasteiger partial charge in [-0.3, -0.25) is 14.6 Å². The molecule has 5 rings (SSSR count). The zero-order valence-electron chi connectivity index (χ0n) is 19.7. The molecule has 2 aliphatic heterocycles. The normalized spacial score (nSPS) is 19.1. The van der Waals surface area contributed by atoms with Crippen molar-refractivity contribution in [2.45, 2.75) is 38.4 Å². The van der Waals surface area contributed by atoms with Gasteiger partial charge in [0.1, 0.15) is 18.0 Å². The van der Waals surface area contributed by atoms with Gasteiger partial charge in [0.2, 0.25) is 11.7 Å². The average Bonchev–Trinajstić information content (AvgIpc) is 3.56. The third kappa shape index (κ3) is 3.88. The molecular weight excluding hydrogens is 452 g/mol. The zero-order valence-corrected chi connectivity index (χ0v) is 19.7. The standard InChI is InChI=1S/C24H24N6O5/c1-13(2)14-5-7-15(8-6-14)30-23(31)20-21(24(30)32)29(28-26-20)12-19-25-22(27-35-19)17-10-9-16(33-3)11-18(17)34-4/h5-11,13,20-21H,12H2,1-4H3/t20-,21-/m0/s1. The van der Waals surface area contributed by atoms with E-state index in [0.29, 0.717) is 34.5 Å². The van der Waals surface area contributed by atoms with Crippen LogP contribution in [0.2, 0.25) is 0 Å². The summed E-state index contributed by atoms with van der Waals surface area (Å²) >= 11 is 0. The van der Waals surface area contributed by atoms with E-state index in [2.05, 4.69) is 34.3 Å². The molecule has 0 unspecified atom stereocenters. The second-order valence-corrected chi connectivity index (χ2v) is 8.53. The first-order chi connectivity index (χ1) is 16.9. The maximum Gasteiger partial charge on any atom is 0.263 e. The van der Waals surface area contributed by atoms with Gasteiger partial charge >= 0.3 is 0 Å². The molecule has 3 heterocycles. The second-order valence-electron chi connectivity index (χ2n) is 8.53. The fourth-order valence-corrected chi connectivity index (χ4v) is 4.17. The number of ether oxygens (including phenoxy) is 2. The summed E-state index contributed by atoms with van der Waals surface area (Å²) in [5.41, 5.74) is 2.25. The molecule has 1 saturated heterocycles. The fraction of sp³-hybridized carbons (Fsp3) is 0.333. The number of nitrogens with zero attached hydrogens (tertiary/aromatic N) is 6. The molecule has 2 aliphatic rings. The molecule has 11 nitrogen and oxygen atoms in total. The van der Waals surface area contributed by atoms with Crippen molar-refractivity contribution >= 4 is 17.5 Å². The van der Waals surface area contributed by atoms with Gasteiger partial charge < -0.3 is 14.0 Å². The SMILES string of the molecule is COc1ccc(-c2noc(CN3N=N[C@@H]4C(=O)N(c5ccc(C(C)C)cc5)C(=O)[C@H]43)n2)c(OC)c1. The zero-order chi connectivity index (χ0) is 24.7. The Bertz CT molecular complexity index is 1300. The molecule has 3 aromatic rings. The van der Waals surface area contributed by atoms with Crippen molar-refractivity contribution in [3.05, 3.63) is 53.9 Å². The molecule has 11 heteroatoms. The Morgan fingerprint density at radius 2 is 1.80 bits per heavy atom. The van der Waals surface area contributed by atoms with E-state index in [-0.39, 0.29) is 18.3 Å². The Balaban J connectivity index is 1.34. The molecule has 2 atom stereocenters. The molecule has 1 aromatic heterocycles. The van der Waals surface area contributed by atoms with Gasteiger partial charge in [0.25, 0.3) is 11.8 Å². The van der Waals surface area contributed by atoms with Crippen LogP contribution in [0.4, 0.5) is 5.69 Å². The predicted molar refractivity (Wildman–Crippen MR) is 124 cm³/mol. The monoisotopic (exact) mass is 476 g/mol. The third-order valence-corrected chi connectivity index (χ3v) is 6.09. The Morgan fingerprint density at radius 1 is 1.03 bits per heavy atom. The first kappa shape index (κ1) is 22.5. The van der Waals surface area contributed by atoms with Gasteiger partial charge in [-0.25, -0.2) is 4.90 Å². The van der Waals surface area contributed by atoms with E-state index in [1.165, 1.54) is 17.0 Å². The lowest BCUT2D eigenvalue weighted by Gasteiger charge is -2.19. The van der Waals surface area contributed by atoms with E-state index < -0.39 is 18.0 Å². The van der Waals surface area contributed by atoms with Crippen LogP contribution in [-0.2, 0) is 16.1 Å². The van der Waals surface area contributed by atoms with Gasteiger partial charge in [0.15, 0.2) is 12.1 Å². The van der Waals surface area contributed by atoms with Crippen molar-refractivity contribution in [2.75, 3.05) is 19.1 Å². The maximum absolute atomic E-state index is 13.2. The van der Waals surface area contributed by atoms with Crippen LogP contribution < -0.4 is 14.4 Å². The van der Waals surface area contributed by atoms with Crippen molar-refractivity contribution in [1.82, 2.24) is 15.1 Å². The lowest BCUT2D eigenvalue weighted by Crippen LogP contribution is -2.39. The molecule has 0 aliphatic carbocycles. The molecule has 2 amide bonds. The minimum Gasteiger partial charge on any atom is -0.497 e. The van der Waals surface area contributed by atoms with Crippen LogP contribution >= 0.6 is 0 Å². The van der Waals surface area contributed by atoms with Crippen LogP contribution in [0, 0.1) is 0 Å². The molecule has 35 heavy (non-hydrogen) atoms. The molecule has 0 spiro atoms. The van der Waals surface area contributed by atoms with E-state index in [0.717, 1.165) is 5.56 Å². The minimum absolute atomic E-state index is 0.0231. The highest BCUT2D eigenvalue weighted by atomic mass is 16.5. The molecule has 0 N–H and O–H groups in total. The van der Waals surface area contributed by atoms with E-state index in [1.807, 2.05) is 12.1 Å². The van der Waals surface area contributed by atoms with Crippen LogP contribution in [-0.4, -0.2) is 53.3 Å². The number of aromatic nitrogens is 2. The first-order valence-corrected chi connectivity index (χ1v) is 11.1. The van der Waals surface area contributed by atoms with Gasteiger partial charge in [-0.2, -0.15) is 10.1 Å². The molecule has 2 aromatic carbocycles. The summed E-state index contributed by atoms with van der Waals surface area (Å²) in [5.74, 6) is 1.23. The largest absolute Gasteiger partial charge is 0.497 e. The van der Waals surface area contributed by atoms with Crippen molar-refractivity contribution in [3.63, 3.8) is 0 Å². The van der Waals surface area contributed by atoms with Crippen molar-refractivity contribution in [2.24, 2.45) is 10.3 Å². The topological polar surface area (TPSA) is 123 Å². The van der Waals surface area contributed by atoms with Gasteiger partial charge in [0, 0.05) is 6.07 Å². The molecular formula is C24H24N6O5. The van der Waals surface area contributed by atoms with E-state index in [1.54, 1.807) is 37.4 Å². The summed E-state index contributed by atoms with van der Waals surface area (Å²) in [4.78, 5) is 31.8. The van der Waals surface area contributed by atoms with E-state index in [4.69, 9.17) is 14.0 Å². The van der Waals surface area contributed by atoms with Crippen molar-refractivity contribution in [1.29, 1.82) is 0 Å². The third-order valence-electron chi connectivity index (χ3n) is 6.09. The smallest absolute Gasteiger partial charge is 0.263 e. The number of benzene rings is 2. The number of hydrogen-bond donors (Lipinski definition) is 0. The number of fused-ring (bicyclic) bond motifs is 1. The van der Waals surface area contributed by atoms with Crippen LogP contribution in [0.3, 0.4) is 0 Å². The number of carbonyl (C=O) groups is 2. The number of carbonyl (C=O) groups excluding carboxylic acids is 2. The molecule has 1 fully saturated rings. The maximum atomic E-state index is 13.2. The minimum atomic E-state index is -0.906. The number of amides is 2. The van der Waals surface area contributed by atoms with E-state index in [9.17, 15) is 9.59 Å². The first-order valence-electron chi connectivity index (χ1n) is 11.1. The Labute approximate surface area is 201 Å². The summed E-state index contributed by atoms with van der Waals surface area (Å²) in [7, 11) is 3.10. The van der Waals surface area contributed by atoms with Gasteiger partial charge in [-0.15, -0.1) is 0 Å². The predicted octanol–water partition coefficient (Wildman–Crippen LogP) is 3.37. The molecule has 180 valence electrons. The number of rotatable bonds is 7. The van der Waals surface area contributed by atoms with Crippen LogP contribution in [0.25, 0.3) is 11.4 Å². The van der Waals surface area contributed by atoms with Gasteiger partial charge in [0.05, 0.1) is 25.5 Å². The number of imide groups is 1. The number of hydrogen-bond acceptors (Lipinski definition) is 10. The highest BCUT2D eigenvalue weighted by Gasteiger charge is 2.55. The second kappa shape index (κ2) is 8.82. The number of anilines is 1. The summed E-state index contributed by atoms with van der Waals surface area (Å²) in [6.07, 6.45) is 0. The van der Waals surface area contributed by atoms with Crippen LogP contribution in [0.15, 0.2) is 57.3 Å². The fourth-order valence-electron chi connectivity index (χ4n) is 4.17. The highest BCUT2D eigenvalue weighted by molar-refractivity contribution is 6.25. The van der Waals surface area contributed by atoms with Crippen molar-refractivity contribution in [3.8, 4) is 22.9 Å². The van der Waals surface area contributed by atoms with Crippen LogP contribution in [0.5, 0.6) is 11.5 Å². The highest BCUT2D eigenvalue weighted by Crippen LogP contribution is 2.34. The Hall–Kier alpha value is -4.28. The number of methoxy groups -OCH3 is 2. The van der Waals surface area contributed by atoms with E-state index >= 15 is 0 Å². The average molecular weight is 476 g/mol. The summed E-state index contributed by atoms with van der Waals surface area (Å²) in [5, 5.41) is 13.5. The lowest BCUT2D eigenvalue weighted by atomic mass is 10.0. The molecule has 0 saturated carbocycles. The molecule has 0 bridgehead atoms. The van der Waals surface area contributed by atoms with Gasteiger partial charge in [-0.1, -0.05) is 36.4 Å². The lowest BCUT2D eigenvalue weighted by molar-refractivity contribution is -0.123.